The maximum Gasteiger partial charge on any atom is 0.264 e. The van der Waals surface area contributed by atoms with Gasteiger partial charge in [-0.3, -0.25) is 4.31 Å². The Hall–Kier alpha value is -2.34. The van der Waals surface area contributed by atoms with E-state index in [1.807, 2.05) is 0 Å². The van der Waals surface area contributed by atoms with Crippen LogP contribution in [-0.4, -0.2) is 22.1 Å². The fraction of sp³-hybridized carbons (Fsp3) is 0.125. The average molecular weight is 321 g/mol. The van der Waals surface area contributed by atoms with Crippen LogP contribution in [0.3, 0.4) is 0 Å². The molecule has 0 spiro atoms. The lowest BCUT2D eigenvalue weighted by molar-refractivity contribution is 0.415. The van der Waals surface area contributed by atoms with E-state index in [1.54, 1.807) is 24.3 Å². The zero-order valence-corrected chi connectivity index (χ0v) is 12.9. The highest BCUT2D eigenvalue weighted by atomic mass is 32.2. The number of methoxy groups -OCH3 is 1. The first-order valence-corrected chi connectivity index (χ1v) is 7.96. The zero-order valence-electron chi connectivity index (χ0n) is 12.1. The van der Waals surface area contributed by atoms with Crippen molar-refractivity contribution < 1.29 is 17.5 Å². The average Bonchev–Trinajstić information content (AvgIpc) is 2.53. The molecule has 0 saturated carbocycles. The summed E-state index contributed by atoms with van der Waals surface area (Å²) < 4.78 is 44.7. The predicted molar refractivity (Wildman–Crippen MR) is 84.1 cm³/mol. The van der Waals surface area contributed by atoms with Gasteiger partial charge in [-0.05, 0) is 48.5 Å². The molecule has 0 bridgehead atoms. The van der Waals surface area contributed by atoms with Crippen molar-refractivity contribution in [2.75, 3.05) is 18.0 Å². The maximum atomic E-state index is 13.0. The molecule has 0 unspecified atom stereocenters. The summed E-state index contributed by atoms with van der Waals surface area (Å²) >= 11 is 0. The Morgan fingerprint density at radius 1 is 1.14 bits per heavy atom. The third-order valence-electron chi connectivity index (χ3n) is 3.06. The Bertz CT molecular complexity index is 740. The SMILES string of the molecule is C=CCN(c1ccc(OC)cc1)S(=O)(=O)c1ccc(F)cc1. The highest BCUT2D eigenvalue weighted by Gasteiger charge is 2.24. The number of sulfonamides is 1. The number of halogens is 1. The summed E-state index contributed by atoms with van der Waals surface area (Å²) in [4.78, 5) is 0.0200. The Morgan fingerprint density at radius 3 is 2.23 bits per heavy atom. The molecule has 22 heavy (non-hydrogen) atoms. The number of hydrogen-bond donors (Lipinski definition) is 0. The minimum absolute atomic E-state index is 0.0200. The number of benzene rings is 2. The van der Waals surface area contributed by atoms with Gasteiger partial charge in [0.05, 0.1) is 24.2 Å². The van der Waals surface area contributed by atoms with E-state index in [0.717, 1.165) is 12.1 Å². The molecular formula is C16H16FNO3S. The van der Waals surface area contributed by atoms with Crippen LogP contribution >= 0.6 is 0 Å². The normalized spacial score (nSPS) is 11.0. The summed E-state index contributed by atoms with van der Waals surface area (Å²) in [6.45, 7) is 3.69. The zero-order chi connectivity index (χ0) is 16.2. The van der Waals surface area contributed by atoms with Gasteiger partial charge in [-0.2, -0.15) is 0 Å². The van der Waals surface area contributed by atoms with E-state index in [0.29, 0.717) is 11.4 Å². The smallest absolute Gasteiger partial charge is 0.264 e. The molecular weight excluding hydrogens is 305 g/mol. The van der Waals surface area contributed by atoms with Crippen LogP contribution in [0.5, 0.6) is 5.75 Å². The summed E-state index contributed by atoms with van der Waals surface area (Å²) in [6.07, 6.45) is 1.49. The first-order valence-electron chi connectivity index (χ1n) is 6.52. The van der Waals surface area contributed by atoms with Crippen molar-refractivity contribution in [3.8, 4) is 5.75 Å². The Kier molecular flexibility index (Phi) is 4.82. The Labute approximate surface area is 129 Å². The van der Waals surface area contributed by atoms with Gasteiger partial charge in [0.1, 0.15) is 11.6 Å². The third-order valence-corrected chi connectivity index (χ3v) is 4.87. The maximum absolute atomic E-state index is 13.0. The Morgan fingerprint density at radius 2 is 1.73 bits per heavy atom. The van der Waals surface area contributed by atoms with Crippen LogP contribution in [-0.2, 0) is 10.0 Å². The van der Waals surface area contributed by atoms with E-state index in [2.05, 4.69) is 6.58 Å². The van der Waals surface area contributed by atoms with Crippen molar-refractivity contribution in [3.63, 3.8) is 0 Å². The fourth-order valence-corrected chi connectivity index (χ4v) is 3.38. The minimum atomic E-state index is -3.80. The van der Waals surface area contributed by atoms with Crippen molar-refractivity contribution in [2.45, 2.75) is 4.90 Å². The standard InChI is InChI=1S/C16H16FNO3S/c1-3-12-18(14-6-8-15(21-2)9-7-14)22(19,20)16-10-4-13(17)5-11-16/h3-11H,1,12H2,2H3. The summed E-state index contributed by atoms with van der Waals surface area (Å²) in [6, 6.07) is 11.3. The molecule has 6 heteroatoms. The van der Waals surface area contributed by atoms with Gasteiger partial charge in [0.15, 0.2) is 0 Å². The van der Waals surface area contributed by atoms with Crippen molar-refractivity contribution >= 4 is 15.7 Å². The first kappa shape index (κ1) is 16.0. The van der Waals surface area contributed by atoms with Gasteiger partial charge in [-0.15, -0.1) is 6.58 Å². The second-order valence-corrected chi connectivity index (χ2v) is 6.34. The molecule has 2 rings (SSSR count). The highest BCUT2D eigenvalue weighted by Crippen LogP contribution is 2.25. The molecule has 0 fully saturated rings. The second-order valence-electron chi connectivity index (χ2n) is 4.48. The lowest BCUT2D eigenvalue weighted by Crippen LogP contribution is -2.31. The molecule has 2 aromatic rings. The number of hydrogen-bond acceptors (Lipinski definition) is 3. The van der Waals surface area contributed by atoms with Crippen LogP contribution in [0.1, 0.15) is 0 Å². The molecule has 0 heterocycles. The summed E-state index contributed by atoms with van der Waals surface area (Å²) in [5.41, 5.74) is 0.477. The summed E-state index contributed by atoms with van der Waals surface area (Å²) in [7, 11) is -2.26. The molecule has 0 amide bonds. The Balaban J connectivity index is 2.45. The second kappa shape index (κ2) is 6.62. The largest absolute Gasteiger partial charge is 0.497 e. The molecule has 0 aliphatic carbocycles. The van der Waals surface area contributed by atoms with Gasteiger partial charge in [-0.1, -0.05) is 6.08 Å². The van der Waals surface area contributed by atoms with E-state index in [1.165, 1.54) is 29.6 Å². The van der Waals surface area contributed by atoms with E-state index in [9.17, 15) is 12.8 Å². The van der Waals surface area contributed by atoms with Gasteiger partial charge in [0.2, 0.25) is 0 Å². The van der Waals surface area contributed by atoms with Gasteiger partial charge in [-0.25, -0.2) is 12.8 Å². The van der Waals surface area contributed by atoms with Crippen molar-refractivity contribution in [1.82, 2.24) is 0 Å². The molecule has 0 aliphatic heterocycles. The number of ether oxygens (including phenoxy) is 1. The van der Waals surface area contributed by atoms with Gasteiger partial charge in [0, 0.05) is 0 Å². The summed E-state index contributed by atoms with van der Waals surface area (Å²) in [5, 5.41) is 0. The lowest BCUT2D eigenvalue weighted by atomic mass is 10.3. The van der Waals surface area contributed by atoms with Crippen molar-refractivity contribution in [2.24, 2.45) is 0 Å². The quantitative estimate of drug-likeness (QED) is 0.768. The monoisotopic (exact) mass is 321 g/mol. The topological polar surface area (TPSA) is 46.6 Å². The molecule has 0 aromatic heterocycles. The molecule has 0 saturated heterocycles. The minimum Gasteiger partial charge on any atom is -0.497 e. The fourth-order valence-electron chi connectivity index (χ4n) is 1.94. The molecule has 0 aliphatic rings. The van der Waals surface area contributed by atoms with E-state index in [4.69, 9.17) is 4.74 Å². The summed E-state index contributed by atoms with van der Waals surface area (Å²) in [5.74, 6) is 0.139. The highest BCUT2D eigenvalue weighted by molar-refractivity contribution is 7.92. The van der Waals surface area contributed by atoms with Crippen LogP contribution in [0, 0.1) is 5.82 Å². The molecule has 0 N–H and O–H groups in total. The van der Waals surface area contributed by atoms with Gasteiger partial charge in [0.25, 0.3) is 10.0 Å². The van der Waals surface area contributed by atoms with Crippen LogP contribution in [0.4, 0.5) is 10.1 Å². The molecule has 4 nitrogen and oxygen atoms in total. The van der Waals surface area contributed by atoms with Crippen LogP contribution in [0.15, 0.2) is 66.1 Å². The predicted octanol–water partition coefficient (Wildman–Crippen LogP) is 3.22. The number of rotatable bonds is 6. The van der Waals surface area contributed by atoms with Gasteiger partial charge < -0.3 is 4.74 Å². The van der Waals surface area contributed by atoms with Crippen LogP contribution in [0.25, 0.3) is 0 Å². The van der Waals surface area contributed by atoms with E-state index in [-0.39, 0.29) is 11.4 Å². The van der Waals surface area contributed by atoms with Crippen molar-refractivity contribution in [1.29, 1.82) is 0 Å². The van der Waals surface area contributed by atoms with Crippen molar-refractivity contribution in [3.05, 3.63) is 67.0 Å². The van der Waals surface area contributed by atoms with E-state index < -0.39 is 15.8 Å². The van der Waals surface area contributed by atoms with Crippen LogP contribution in [0.2, 0.25) is 0 Å². The lowest BCUT2D eigenvalue weighted by Gasteiger charge is -2.23. The molecule has 0 radical (unpaired) electrons. The molecule has 2 aromatic carbocycles. The van der Waals surface area contributed by atoms with E-state index >= 15 is 0 Å². The number of anilines is 1. The number of nitrogens with zero attached hydrogens (tertiary/aromatic N) is 1. The first-order chi connectivity index (χ1) is 10.5. The van der Waals surface area contributed by atoms with Crippen LogP contribution < -0.4 is 9.04 Å². The van der Waals surface area contributed by atoms with Gasteiger partial charge >= 0.3 is 0 Å². The molecule has 116 valence electrons. The third kappa shape index (κ3) is 3.28. The molecule has 0 atom stereocenters.